The highest BCUT2D eigenvalue weighted by Crippen LogP contribution is 2.35. The third-order valence-electron chi connectivity index (χ3n) is 7.42. The topological polar surface area (TPSA) is 113 Å². The number of anilines is 2. The van der Waals surface area contributed by atoms with E-state index in [1.165, 1.54) is 16.8 Å². The monoisotopic (exact) mass is 552 g/mol. The van der Waals surface area contributed by atoms with E-state index in [0.717, 1.165) is 25.0 Å². The van der Waals surface area contributed by atoms with Crippen molar-refractivity contribution in [1.82, 2.24) is 19.7 Å². The molecule has 206 valence electrons. The number of rotatable bonds is 5. The van der Waals surface area contributed by atoms with Crippen molar-refractivity contribution in [3.05, 3.63) is 36.0 Å². The number of alkyl halides is 3. The van der Waals surface area contributed by atoms with Crippen molar-refractivity contribution in [1.29, 1.82) is 0 Å². The van der Waals surface area contributed by atoms with Gasteiger partial charge in [-0.1, -0.05) is 6.07 Å². The lowest BCUT2D eigenvalue weighted by Gasteiger charge is -2.38. The molecule has 4 heterocycles. The summed E-state index contributed by atoms with van der Waals surface area (Å²) in [6, 6.07) is 4.49. The fourth-order valence-electron chi connectivity index (χ4n) is 5.32. The van der Waals surface area contributed by atoms with Crippen LogP contribution >= 0.6 is 0 Å². The molecular weight excluding hydrogens is 521 g/mol. The molecule has 1 aromatic carbocycles. The molecule has 0 spiro atoms. The van der Waals surface area contributed by atoms with Crippen LogP contribution in [-0.2, 0) is 16.0 Å². The first-order valence-corrected chi connectivity index (χ1v) is 14.5. The van der Waals surface area contributed by atoms with Gasteiger partial charge in [-0.05, 0) is 63.6 Å². The largest absolute Gasteiger partial charge is 0.416 e. The number of aliphatic hydroxyl groups is 1. The molecule has 1 atom stereocenters. The highest BCUT2D eigenvalue weighted by molar-refractivity contribution is 7.91. The van der Waals surface area contributed by atoms with Crippen LogP contribution < -0.4 is 10.2 Å². The maximum absolute atomic E-state index is 13.4. The first-order chi connectivity index (χ1) is 17.8. The number of sulfone groups is 1. The molecule has 2 aliphatic heterocycles. The summed E-state index contributed by atoms with van der Waals surface area (Å²) < 4.78 is 65.9. The lowest BCUT2D eigenvalue weighted by atomic mass is 9.83. The minimum absolute atomic E-state index is 0.0341. The minimum atomic E-state index is -4.51. The zero-order chi connectivity index (χ0) is 27.3. The highest BCUT2D eigenvalue weighted by atomic mass is 32.2. The van der Waals surface area contributed by atoms with E-state index in [-0.39, 0.29) is 35.1 Å². The Labute approximate surface area is 219 Å². The molecule has 0 amide bonds. The first-order valence-electron chi connectivity index (χ1n) is 12.7. The van der Waals surface area contributed by atoms with E-state index >= 15 is 0 Å². The van der Waals surface area contributed by atoms with Crippen molar-refractivity contribution in [2.45, 2.75) is 57.3 Å². The number of benzene rings is 1. The average Bonchev–Trinajstić information content (AvgIpc) is 3.26. The predicted octanol–water partition coefficient (Wildman–Crippen LogP) is 3.81. The highest BCUT2D eigenvalue weighted by Gasteiger charge is 2.33. The molecule has 0 saturated carbocycles. The van der Waals surface area contributed by atoms with Gasteiger partial charge in [0.15, 0.2) is 15.5 Å². The molecule has 3 aromatic rings. The maximum atomic E-state index is 13.4. The van der Waals surface area contributed by atoms with Crippen molar-refractivity contribution in [3.8, 4) is 5.69 Å². The predicted molar refractivity (Wildman–Crippen MR) is 138 cm³/mol. The molecule has 5 rings (SSSR count). The Kier molecular flexibility index (Phi) is 6.79. The Morgan fingerprint density at radius 2 is 1.84 bits per heavy atom. The van der Waals surface area contributed by atoms with Gasteiger partial charge in [0.05, 0.1) is 39.9 Å². The molecule has 0 bridgehead atoms. The van der Waals surface area contributed by atoms with Crippen molar-refractivity contribution in [2.75, 3.05) is 34.8 Å². The first kappa shape index (κ1) is 26.7. The van der Waals surface area contributed by atoms with Gasteiger partial charge in [0, 0.05) is 19.1 Å². The molecule has 0 radical (unpaired) electrons. The Bertz CT molecular complexity index is 1430. The second-order valence-electron chi connectivity index (χ2n) is 10.7. The number of fused-ring (bicyclic) bond motifs is 1. The van der Waals surface area contributed by atoms with E-state index in [4.69, 9.17) is 4.98 Å². The second-order valence-corrected chi connectivity index (χ2v) is 13.0. The number of piperidine rings is 1. The van der Waals surface area contributed by atoms with Gasteiger partial charge in [-0.25, -0.2) is 13.1 Å². The number of nitrogens with one attached hydrogen (secondary N) is 1. The van der Waals surface area contributed by atoms with Crippen LogP contribution in [0, 0.1) is 5.92 Å². The zero-order valence-electron chi connectivity index (χ0n) is 21.2. The molecule has 9 nitrogen and oxygen atoms in total. The fraction of sp³-hybridized carbons (Fsp3) is 0.560. The van der Waals surface area contributed by atoms with Gasteiger partial charge in [-0.15, -0.1) is 0 Å². The second kappa shape index (κ2) is 9.67. The molecule has 2 aliphatic rings. The van der Waals surface area contributed by atoms with Gasteiger partial charge in [0.25, 0.3) is 0 Å². The van der Waals surface area contributed by atoms with Crippen molar-refractivity contribution in [3.63, 3.8) is 0 Å². The minimum Gasteiger partial charge on any atom is -0.390 e. The Morgan fingerprint density at radius 3 is 2.50 bits per heavy atom. The smallest absolute Gasteiger partial charge is 0.390 e. The van der Waals surface area contributed by atoms with Crippen LogP contribution in [-0.4, -0.2) is 69.5 Å². The summed E-state index contributed by atoms with van der Waals surface area (Å²) in [6.45, 7) is 4.84. The van der Waals surface area contributed by atoms with E-state index in [2.05, 4.69) is 20.3 Å². The summed E-state index contributed by atoms with van der Waals surface area (Å²) in [4.78, 5) is 11.4. The number of aromatic nitrogens is 4. The molecule has 2 aromatic heterocycles. The van der Waals surface area contributed by atoms with Gasteiger partial charge in [0.1, 0.15) is 5.82 Å². The van der Waals surface area contributed by atoms with Gasteiger partial charge >= 0.3 is 6.18 Å². The van der Waals surface area contributed by atoms with Crippen molar-refractivity contribution in [2.24, 2.45) is 5.92 Å². The van der Waals surface area contributed by atoms with Crippen LogP contribution in [0.4, 0.5) is 24.9 Å². The summed E-state index contributed by atoms with van der Waals surface area (Å²) in [7, 11) is -3.18. The molecular formula is C25H31F3N6O3S. The zero-order valence-corrected chi connectivity index (χ0v) is 22.1. The fourth-order valence-corrected chi connectivity index (χ4v) is 6.95. The number of nitrogens with zero attached hydrogens (tertiary/aromatic N) is 5. The maximum Gasteiger partial charge on any atom is 0.416 e. The number of halogens is 3. The van der Waals surface area contributed by atoms with E-state index < -0.39 is 27.2 Å². The molecule has 2 fully saturated rings. The van der Waals surface area contributed by atoms with Crippen LogP contribution in [0.3, 0.4) is 0 Å². The van der Waals surface area contributed by atoms with Crippen LogP contribution in [0.1, 0.15) is 45.1 Å². The lowest BCUT2D eigenvalue weighted by Crippen LogP contribution is -2.42. The number of hydrogen-bond acceptors (Lipinski definition) is 8. The SMILES string of the molecule is CC(C)(O)C1CCN(c2nc(NC3CCCS(=O)(=O)C3)nc3c2cnn3-c2cccc(C(F)(F)F)c2)CC1. The molecule has 0 aliphatic carbocycles. The van der Waals surface area contributed by atoms with Crippen LogP contribution in [0.25, 0.3) is 16.7 Å². The summed E-state index contributed by atoms with van der Waals surface area (Å²) >= 11 is 0. The van der Waals surface area contributed by atoms with Gasteiger partial charge in [-0.2, -0.15) is 28.2 Å². The van der Waals surface area contributed by atoms with Crippen LogP contribution in [0.5, 0.6) is 0 Å². The number of hydrogen-bond donors (Lipinski definition) is 2. The summed E-state index contributed by atoms with van der Waals surface area (Å²) in [5.74, 6) is 1.01. The standard InChI is InChI=1S/C25H31F3N6O3S/c1-24(2,35)16-8-10-33(11-9-16)21-20-14-29-34(19-7-3-5-17(13-19)25(26,27)28)22(20)32-23(31-21)30-18-6-4-12-38(36,37)15-18/h3,5,7,13-14,16,18,35H,4,6,8-12,15H2,1-2H3,(H,30,31,32). The third kappa shape index (κ3) is 5.58. The average molecular weight is 553 g/mol. The van der Waals surface area contributed by atoms with Gasteiger partial charge in [0.2, 0.25) is 5.95 Å². The Balaban J connectivity index is 1.55. The summed E-state index contributed by atoms with van der Waals surface area (Å²) in [5, 5.41) is 18.5. The quantitative estimate of drug-likeness (QED) is 0.492. The molecule has 13 heteroatoms. The van der Waals surface area contributed by atoms with Crippen molar-refractivity contribution >= 4 is 32.6 Å². The van der Waals surface area contributed by atoms with E-state index in [9.17, 15) is 26.7 Å². The van der Waals surface area contributed by atoms with E-state index in [1.807, 2.05) is 0 Å². The molecule has 1 unspecified atom stereocenters. The molecule has 2 saturated heterocycles. The lowest BCUT2D eigenvalue weighted by molar-refractivity contribution is -0.137. The van der Waals surface area contributed by atoms with Crippen LogP contribution in [0.2, 0.25) is 0 Å². The van der Waals surface area contributed by atoms with Crippen molar-refractivity contribution < 1.29 is 26.7 Å². The summed E-state index contributed by atoms with van der Waals surface area (Å²) in [5.41, 5.74) is -1.08. The van der Waals surface area contributed by atoms with Gasteiger partial charge in [-0.3, -0.25) is 0 Å². The van der Waals surface area contributed by atoms with Gasteiger partial charge < -0.3 is 15.3 Å². The Morgan fingerprint density at radius 1 is 1.11 bits per heavy atom. The normalized spacial score (nSPS) is 21.1. The van der Waals surface area contributed by atoms with E-state index in [0.29, 0.717) is 42.8 Å². The summed E-state index contributed by atoms with van der Waals surface area (Å²) in [6.07, 6.45) is -0.326. The molecule has 38 heavy (non-hydrogen) atoms. The molecule has 2 N–H and O–H groups in total. The Hall–Kier alpha value is -2.93. The van der Waals surface area contributed by atoms with Crippen LogP contribution in [0.15, 0.2) is 30.5 Å². The third-order valence-corrected chi connectivity index (χ3v) is 9.24. The van der Waals surface area contributed by atoms with E-state index in [1.54, 1.807) is 20.0 Å².